The fourth-order valence-electron chi connectivity index (χ4n) is 1.08. The normalized spacial score (nSPS) is 23.5. The predicted molar refractivity (Wildman–Crippen MR) is 45.8 cm³/mol. The van der Waals surface area contributed by atoms with Gasteiger partial charge in [0, 0.05) is 18.9 Å². The van der Waals surface area contributed by atoms with Crippen molar-refractivity contribution >= 4 is 18.5 Å². The molecule has 1 atom stereocenters. The second kappa shape index (κ2) is 4.62. The molecule has 0 bridgehead atoms. The lowest BCUT2D eigenvalue weighted by molar-refractivity contribution is -0.129. The van der Waals surface area contributed by atoms with E-state index in [0.717, 1.165) is 19.4 Å². The van der Waals surface area contributed by atoms with Crippen LogP contribution in [0.5, 0.6) is 0 Å². The summed E-state index contributed by atoms with van der Waals surface area (Å²) in [6.07, 6.45) is 1.66. The van der Waals surface area contributed by atoms with Crippen LogP contribution in [0.25, 0.3) is 0 Å². The molecule has 0 saturated carbocycles. The van der Waals surface area contributed by atoms with E-state index in [4.69, 9.17) is 4.74 Å². The average Bonchev–Trinajstić information content (AvgIpc) is 2.52. The number of nitrogens with one attached hydrogen (secondary N) is 1. The molecule has 0 aliphatic carbocycles. The monoisotopic (exact) mass is 175 g/mol. The Balaban J connectivity index is 2.17. The molecular formula is C7H13NO2S. The van der Waals surface area contributed by atoms with Gasteiger partial charge in [0.2, 0.25) is 5.91 Å². The van der Waals surface area contributed by atoms with Crippen molar-refractivity contribution in [1.82, 2.24) is 5.32 Å². The number of hydrogen-bond donors (Lipinski definition) is 2. The van der Waals surface area contributed by atoms with E-state index in [0.29, 0.717) is 12.3 Å². The number of ether oxygens (including phenoxy) is 1. The molecule has 1 rings (SSSR count). The van der Waals surface area contributed by atoms with Gasteiger partial charge in [0.1, 0.15) is 6.10 Å². The third-order valence-electron chi connectivity index (χ3n) is 1.63. The van der Waals surface area contributed by atoms with E-state index in [1.165, 1.54) is 0 Å². The lowest BCUT2D eigenvalue weighted by atomic mass is 10.2. The van der Waals surface area contributed by atoms with E-state index < -0.39 is 0 Å². The maximum atomic E-state index is 11.1. The van der Waals surface area contributed by atoms with Gasteiger partial charge in [-0.05, 0) is 12.8 Å². The maximum Gasteiger partial charge on any atom is 0.249 e. The van der Waals surface area contributed by atoms with Crippen LogP contribution in [-0.4, -0.2) is 30.9 Å². The lowest BCUT2D eigenvalue weighted by Gasteiger charge is -2.08. The minimum absolute atomic E-state index is 0.0107. The van der Waals surface area contributed by atoms with Crippen LogP contribution in [0.15, 0.2) is 0 Å². The van der Waals surface area contributed by atoms with Crippen LogP contribution in [0.4, 0.5) is 0 Å². The summed E-state index contributed by atoms with van der Waals surface area (Å²) >= 11 is 3.98. The summed E-state index contributed by atoms with van der Waals surface area (Å²) in [5.41, 5.74) is 0. The zero-order valence-electron chi connectivity index (χ0n) is 6.38. The molecule has 3 nitrogen and oxygen atoms in total. The van der Waals surface area contributed by atoms with Crippen LogP contribution in [0, 0.1) is 0 Å². The molecule has 1 N–H and O–H groups in total. The Labute approximate surface area is 71.9 Å². The smallest absolute Gasteiger partial charge is 0.249 e. The van der Waals surface area contributed by atoms with Crippen molar-refractivity contribution in [3.8, 4) is 0 Å². The Morgan fingerprint density at radius 1 is 1.73 bits per heavy atom. The van der Waals surface area contributed by atoms with E-state index in [1.807, 2.05) is 0 Å². The number of hydrogen-bond acceptors (Lipinski definition) is 3. The fraction of sp³-hybridized carbons (Fsp3) is 0.857. The van der Waals surface area contributed by atoms with E-state index in [2.05, 4.69) is 17.9 Å². The van der Waals surface area contributed by atoms with Crippen LogP contribution in [0.2, 0.25) is 0 Å². The van der Waals surface area contributed by atoms with Gasteiger partial charge in [0.05, 0.1) is 0 Å². The van der Waals surface area contributed by atoms with Crippen molar-refractivity contribution in [2.75, 3.05) is 18.9 Å². The highest BCUT2D eigenvalue weighted by atomic mass is 32.1. The molecule has 1 saturated heterocycles. The van der Waals surface area contributed by atoms with E-state index in [1.54, 1.807) is 0 Å². The lowest BCUT2D eigenvalue weighted by Crippen LogP contribution is -2.35. The van der Waals surface area contributed by atoms with Gasteiger partial charge in [-0.15, -0.1) is 0 Å². The first-order valence-electron chi connectivity index (χ1n) is 3.85. The average molecular weight is 175 g/mol. The summed E-state index contributed by atoms with van der Waals surface area (Å²) in [5.74, 6) is 0.690. The standard InChI is InChI=1S/C7H13NO2S/c9-7(8-3-5-11)6-2-1-4-10-6/h6,11H,1-5H2,(H,8,9). The summed E-state index contributed by atoms with van der Waals surface area (Å²) < 4.78 is 5.17. The van der Waals surface area contributed by atoms with Crippen molar-refractivity contribution in [3.05, 3.63) is 0 Å². The number of carbonyl (C=O) groups is 1. The summed E-state index contributed by atoms with van der Waals surface area (Å²) in [6, 6.07) is 0. The second-order valence-electron chi connectivity index (χ2n) is 2.52. The molecule has 4 heteroatoms. The first-order chi connectivity index (χ1) is 5.34. The Morgan fingerprint density at radius 3 is 3.09 bits per heavy atom. The fourth-order valence-corrected chi connectivity index (χ4v) is 1.19. The Hall–Kier alpha value is -0.220. The topological polar surface area (TPSA) is 38.3 Å². The largest absolute Gasteiger partial charge is 0.368 e. The number of rotatable bonds is 3. The molecule has 11 heavy (non-hydrogen) atoms. The van der Waals surface area contributed by atoms with Gasteiger partial charge in [0.25, 0.3) is 0 Å². The van der Waals surface area contributed by atoms with Gasteiger partial charge in [0.15, 0.2) is 0 Å². The maximum absolute atomic E-state index is 11.1. The molecule has 1 fully saturated rings. The highest BCUT2D eigenvalue weighted by Gasteiger charge is 2.22. The van der Waals surface area contributed by atoms with Crippen molar-refractivity contribution in [1.29, 1.82) is 0 Å². The Kier molecular flexibility index (Phi) is 3.72. The molecule has 1 amide bonds. The first kappa shape index (κ1) is 8.87. The highest BCUT2D eigenvalue weighted by molar-refractivity contribution is 7.80. The van der Waals surface area contributed by atoms with Crippen LogP contribution in [-0.2, 0) is 9.53 Å². The zero-order valence-corrected chi connectivity index (χ0v) is 7.27. The third kappa shape index (κ3) is 2.71. The summed E-state index contributed by atoms with van der Waals surface area (Å²) in [6.45, 7) is 1.35. The Bertz CT molecular complexity index is 134. The zero-order chi connectivity index (χ0) is 8.10. The molecule has 1 aliphatic rings. The molecule has 0 spiro atoms. The first-order valence-corrected chi connectivity index (χ1v) is 4.48. The Morgan fingerprint density at radius 2 is 2.55 bits per heavy atom. The van der Waals surface area contributed by atoms with Gasteiger partial charge in [-0.1, -0.05) is 0 Å². The molecular weight excluding hydrogens is 162 g/mol. The molecule has 1 heterocycles. The SMILES string of the molecule is O=C(NCCS)C1CCCO1. The summed E-state index contributed by atoms with van der Waals surface area (Å²) in [7, 11) is 0. The quantitative estimate of drug-likeness (QED) is 0.602. The third-order valence-corrected chi connectivity index (χ3v) is 1.86. The van der Waals surface area contributed by atoms with E-state index in [-0.39, 0.29) is 12.0 Å². The van der Waals surface area contributed by atoms with Gasteiger partial charge >= 0.3 is 0 Å². The molecule has 1 unspecified atom stereocenters. The van der Waals surface area contributed by atoms with Crippen molar-refractivity contribution in [3.63, 3.8) is 0 Å². The van der Waals surface area contributed by atoms with Crippen LogP contribution >= 0.6 is 12.6 Å². The molecule has 0 aromatic heterocycles. The number of carbonyl (C=O) groups excluding carboxylic acids is 1. The van der Waals surface area contributed by atoms with E-state index >= 15 is 0 Å². The van der Waals surface area contributed by atoms with Crippen LogP contribution in [0.3, 0.4) is 0 Å². The van der Waals surface area contributed by atoms with Crippen molar-refractivity contribution < 1.29 is 9.53 Å². The van der Waals surface area contributed by atoms with Gasteiger partial charge in [-0.25, -0.2) is 0 Å². The molecule has 0 aromatic rings. The number of amides is 1. The van der Waals surface area contributed by atoms with Gasteiger partial charge < -0.3 is 10.1 Å². The molecule has 64 valence electrons. The second-order valence-corrected chi connectivity index (χ2v) is 2.96. The van der Waals surface area contributed by atoms with Crippen molar-refractivity contribution in [2.24, 2.45) is 0 Å². The minimum atomic E-state index is -0.199. The minimum Gasteiger partial charge on any atom is -0.368 e. The highest BCUT2D eigenvalue weighted by Crippen LogP contribution is 2.11. The van der Waals surface area contributed by atoms with E-state index in [9.17, 15) is 4.79 Å². The van der Waals surface area contributed by atoms with Crippen LogP contribution < -0.4 is 5.32 Å². The summed E-state index contributed by atoms with van der Waals surface area (Å²) in [4.78, 5) is 11.1. The summed E-state index contributed by atoms with van der Waals surface area (Å²) in [5, 5.41) is 2.73. The van der Waals surface area contributed by atoms with Crippen molar-refractivity contribution in [2.45, 2.75) is 18.9 Å². The molecule has 0 aromatic carbocycles. The number of thiol groups is 1. The van der Waals surface area contributed by atoms with Gasteiger partial charge in [-0.3, -0.25) is 4.79 Å². The predicted octanol–water partition coefficient (Wildman–Crippen LogP) is 0.211. The van der Waals surface area contributed by atoms with Gasteiger partial charge in [-0.2, -0.15) is 12.6 Å². The molecule has 1 aliphatic heterocycles. The molecule has 0 radical (unpaired) electrons. The van der Waals surface area contributed by atoms with Crippen LogP contribution in [0.1, 0.15) is 12.8 Å².